The number of hydrogen-bond donors (Lipinski definition) is 1. The van der Waals surface area contributed by atoms with Gasteiger partial charge in [0.2, 0.25) is 0 Å². The number of nitrogens with one attached hydrogen (secondary N) is 1. The lowest BCUT2D eigenvalue weighted by Gasteiger charge is -2.34. The average molecular weight is 385 g/mol. The summed E-state index contributed by atoms with van der Waals surface area (Å²) in [4.78, 5) is 9.81. The van der Waals surface area contributed by atoms with E-state index in [9.17, 15) is 0 Å². The Hall–Kier alpha value is -0.890. The number of hydrogen-bond acceptors (Lipinski definition) is 5. The number of rotatable bonds is 13. The second-order valence-corrected chi connectivity index (χ2v) is 7.40. The first-order valence-corrected chi connectivity index (χ1v) is 10.6. The molecule has 1 saturated heterocycles. The van der Waals surface area contributed by atoms with Gasteiger partial charge in [0.25, 0.3) is 0 Å². The van der Waals surface area contributed by atoms with Crippen LogP contribution in [0.1, 0.15) is 39.0 Å². The molecule has 2 aliphatic rings. The fraction of sp³-hybridized carbons (Fsp3) is 0.950. The van der Waals surface area contributed by atoms with Crippen LogP contribution in [0, 0.1) is 0 Å². The Morgan fingerprint density at radius 2 is 1.78 bits per heavy atom. The van der Waals surface area contributed by atoms with Crippen molar-refractivity contribution in [3.8, 4) is 0 Å². The molecule has 7 heteroatoms. The van der Waals surface area contributed by atoms with Crippen molar-refractivity contribution in [2.24, 2.45) is 4.99 Å². The lowest BCUT2D eigenvalue weighted by molar-refractivity contribution is 0.00990. The van der Waals surface area contributed by atoms with Gasteiger partial charge in [-0.05, 0) is 39.0 Å². The molecule has 7 nitrogen and oxygen atoms in total. The quantitative estimate of drug-likeness (QED) is 0.296. The number of aliphatic imine (C=N–C) groups is 1. The second-order valence-electron chi connectivity index (χ2n) is 7.40. The molecule has 0 spiro atoms. The predicted molar refractivity (Wildman–Crippen MR) is 109 cm³/mol. The van der Waals surface area contributed by atoms with Gasteiger partial charge >= 0.3 is 0 Å². The molecule has 1 N–H and O–H groups in total. The number of nitrogens with zero attached hydrogens (tertiary/aromatic N) is 3. The Balaban J connectivity index is 1.72. The molecular formula is C20H40N4O3. The van der Waals surface area contributed by atoms with E-state index in [0.717, 1.165) is 90.4 Å². The summed E-state index contributed by atoms with van der Waals surface area (Å²) < 4.78 is 16.3. The summed E-state index contributed by atoms with van der Waals surface area (Å²) in [6, 6.07) is 0.754. The maximum absolute atomic E-state index is 5.97. The minimum Gasteiger partial charge on any atom is -0.385 e. The fourth-order valence-corrected chi connectivity index (χ4v) is 3.52. The van der Waals surface area contributed by atoms with Crippen molar-refractivity contribution < 1.29 is 14.2 Å². The van der Waals surface area contributed by atoms with Crippen molar-refractivity contribution in [3.63, 3.8) is 0 Å². The molecule has 2 fully saturated rings. The standard InChI is InChI=1S/C20H40N4O3/c1-4-21-20(22-10-13-23(14-17-26-3)18-6-7-18)24-11-8-19(9-12-24)27-16-5-15-25-2/h18-19H,4-17H2,1-3H3,(H,21,22). The maximum Gasteiger partial charge on any atom is 0.193 e. The fourth-order valence-electron chi connectivity index (χ4n) is 3.52. The molecule has 1 saturated carbocycles. The lowest BCUT2D eigenvalue weighted by atomic mass is 10.1. The van der Waals surface area contributed by atoms with E-state index in [1.54, 1.807) is 14.2 Å². The van der Waals surface area contributed by atoms with Crippen molar-refractivity contribution in [1.82, 2.24) is 15.1 Å². The Bertz CT molecular complexity index is 410. The predicted octanol–water partition coefficient (Wildman–Crippen LogP) is 1.58. The summed E-state index contributed by atoms with van der Waals surface area (Å²) in [5.74, 6) is 1.05. The van der Waals surface area contributed by atoms with Gasteiger partial charge in [-0.2, -0.15) is 0 Å². The Kier molecular flexibility index (Phi) is 11.0. The minimum absolute atomic E-state index is 0.375. The van der Waals surface area contributed by atoms with E-state index in [2.05, 4.69) is 22.0 Å². The van der Waals surface area contributed by atoms with Gasteiger partial charge in [-0.3, -0.25) is 9.89 Å². The van der Waals surface area contributed by atoms with Gasteiger partial charge in [-0.25, -0.2) is 0 Å². The third kappa shape index (κ3) is 8.77. The molecule has 0 aromatic carbocycles. The number of guanidine groups is 1. The van der Waals surface area contributed by atoms with Crippen LogP contribution in [-0.4, -0.2) is 101 Å². The number of methoxy groups -OCH3 is 2. The molecule has 1 aliphatic carbocycles. The normalized spacial score (nSPS) is 19.1. The van der Waals surface area contributed by atoms with Gasteiger partial charge in [-0.15, -0.1) is 0 Å². The molecule has 0 aromatic rings. The smallest absolute Gasteiger partial charge is 0.193 e. The Morgan fingerprint density at radius 3 is 2.41 bits per heavy atom. The highest BCUT2D eigenvalue weighted by Crippen LogP contribution is 2.26. The van der Waals surface area contributed by atoms with Gasteiger partial charge in [0.1, 0.15) is 0 Å². The van der Waals surface area contributed by atoms with Crippen LogP contribution < -0.4 is 5.32 Å². The van der Waals surface area contributed by atoms with E-state index in [-0.39, 0.29) is 0 Å². The van der Waals surface area contributed by atoms with E-state index in [1.807, 2.05) is 0 Å². The molecule has 0 amide bonds. The number of likely N-dealkylation sites (tertiary alicyclic amines) is 1. The summed E-state index contributed by atoms with van der Waals surface area (Å²) in [7, 11) is 3.51. The maximum atomic E-state index is 5.97. The van der Waals surface area contributed by atoms with Crippen LogP contribution in [0.5, 0.6) is 0 Å². The van der Waals surface area contributed by atoms with E-state index < -0.39 is 0 Å². The molecule has 0 unspecified atom stereocenters. The summed E-state index contributed by atoms with van der Waals surface area (Å²) in [6.07, 6.45) is 6.14. The van der Waals surface area contributed by atoms with Crippen LogP contribution in [0.3, 0.4) is 0 Å². The number of piperidine rings is 1. The molecule has 1 heterocycles. The van der Waals surface area contributed by atoms with Gasteiger partial charge in [0, 0.05) is 66.2 Å². The van der Waals surface area contributed by atoms with Crippen LogP contribution in [0.25, 0.3) is 0 Å². The highest BCUT2D eigenvalue weighted by atomic mass is 16.5. The van der Waals surface area contributed by atoms with E-state index in [1.165, 1.54) is 12.8 Å². The summed E-state index contributed by atoms with van der Waals surface area (Å²) >= 11 is 0. The summed E-state index contributed by atoms with van der Waals surface area (Å²) in [5, 5.41) is 3.46. The topological polar surface area (TPSA) is 58.6 Å². The first-order valence-electron chi connectivity index (χ1n) is 10.6. The molecule has 0 bridgehead atoms. The molecule has 158 valence electrons. The van der Waals surface area contributed by atoms with Crippen LogP contribution in [0.4, 0.5) is 0 Å². The van der Waals surface area contributed by atoms with Crippen molar-refractivity contribution in [1.29, 1.82) is 0 Å². The van der Waals surface area contributed by atoms with Crippen LogP contribution in [0.15, 0.2) is 4.99 Å². The summed E-state index contributed by atoms with van der Waals surface area (Å²) in [5.41, 5.74) is 0. The Morgan fingerprint density at radius 1 is 1.04 bits per heavy atom. The molecule has 1 aliphatic heterocycles. The average Bonchev–Trinajstić information content (AvgIpc) is 3.53. The zero-order valence-electron chi connectivity index (χ0n) is 17.6. The molecular weight excluding hydrogens is 344 g/mol. The van der Waals surface area contributed by atoms with Gasteiger partial charge in [-0.1, -0.05) is 0 Å². The largest absolute Gasteiger partial charge is 0.385 e. The monoisotopic (exact) mass is 384 g/mol. The van der Waals surface area contributed by atoms with Gasteiger partial charge in [0.15, 0.2) is 5.96 Å². The van der Waals surface area contributed by atoms with Crippen molar-refractivity contribution in [3.05, 3.63) is 0 Å². The van der Waals surface area contributed by atoms with Crippen LogP contribution in [-0.2, 0) is 14.2 Å². The lowest BCUT2D eigenvalue weighted by Crippen LogP contribution is -2.47. The van der Waals surface area contributed by atoms with Crippen molar-refractivity contribution in [2.45, 2.75) is 51.2 Å². The highest BCUT2D eigenvalue weighted by molar-refractivity contribution is 5.80. The number of ether oxygens (including phenoxy) is 3. The van der Waals surface area contributed by atoms with Crippen LogP contribution >= 0.6 is 0 Å². The third-order valence-electron chi connectivity index (χ3n) is 5.22. The SMILES string of the molecule is CCNC(=NCCN(CCOC)C1CC1)N1CCC(OCCCOC)CC1. The molecule has 2 rings (SSSR count). The van der Waals surface area contributed by atoms with Gasteiger partial charge in [0.05, 0.1) is 19.3 Å². The van der Waals surface area contributed by atoms with E-state index in [4.69, 9.17) is 19.2 Å². The van der Waals surface area contributed by atoms with Crippen molar-refractivity contribution in [2.75, 3.05) is 73.3 Å². The first-order chi connectivity index (χ1) is 13.3. The zero-order chi connectivity index (χ0) is 19.3. The molecule has 0 aromatic heterocycles. The first kappa shape index (κ1) is 22.4. The molecule has 0 radical (unpaired) electrons. The zero-order valence-corrected chi connectivity index (χ0v) is 17.6. The van der Waals surface area contributed by atoms with E-state index in [0.29, 0.717) is 6.10 Å². The minimum atomic E-state index is 0.375. The van der Waals surface area contributed by atoms with Crippen LogP contribution in [0.2, 0.25) is 0 Å². The molecule has 0 atom stereocenters. The Labute approximate surface area is 165 Å². The summed E-state index contributed by atoms with van der Waals surface area (Å²) in [6.45, 7) is 10.3. The molecule has 27 heavy (non-hydrogen) atoms. The second kappa shape index (κ2) is 13.3. The highest BCUT2D eigenvalue weighted by Gasteiger charge is 2.28. The third-order valence-corrected chi connectivity index (χ3v) is 5.22. The van der Waals surface area contributed by atoms with Crippen molar-refractivity contribution >= 4 is 5.96 Å². The van der Waals surface area contributed by atoms with E-state index >= 15 is 0 Å². The van der Waals surface area contributed by atoms with Gasteiger partial charge < -0.3 is 24.4 Å².